The molecule has 3 N–H and O–H groups in total. The second-order valence-corrected chi connectivity index (χ2v) is 12.6. The molecule has 1 aliphatic rings. The first-order valence-electron chi connectivity index (χ1n) is 12.1. The fourth-order valence-electron chi connectivity index (χ4n) is 4.56. The van der Waals surface area contributed by atoms with E-state index in [0.29, 0.717) is 10.6 Å². The number of halogens is 1. The fourth-order valence-corrected chi connectivity index (χ4v) is 7.34. The van der Waals surface area contributed by atoms with Crippen molar-refractivity contribution in [1.82, 2.24) is 15.0 Å². The SMILES string of the molecule is O=C(NCc1ccc(S(=O)(=O)NC2CCC(Nc3ccnc4cc(Cl)ccc34)CC2)s1)c1ccccc1. The van der Waals surface area contributed by atoms with Gasteiger partial charge < -0.3 is 10.6 Å². The molecule has 0 spiro atoms. The predicted octanol–water partition coefficient (Wildman–Crippen LogP) is 5.58. The highest BCUT2D eigenvalue weighted by Crippen LogP contribution is 2.29. The second-order valence-electron chi connectivity index (χ2n) is 9.10. The number of fused-ring (bicyclic) bond motifs is 1. The van der Waals surface area contributed by atoms with Crippen LogP contribution in [0.3, 0.4) is 0 Å². The van der Waals surface area contributed by atoms with Crippen molar-refractivity contribution in [3.63, 3.8) is 0 Å². The largest absolute Gasteiger partial charge is 0.382 e. The van der Waals surface area contributed by atoms with E-state index in [-0.39, 0.29) is 28.7 Å². The lowest BCUT2D eigenvalue weighted by atomic mass is 9.91. The molecule has 10 heteroatoms. The maximum absolute atomic E-state index is 13.0. The molecular weight excluding hydrogens is 528 g/mol. The van der Waals surface area contributed by atoms with Crippen molar-refractivity contribution in [2.75, 3.05) is 5.32 Å². The van der Waals surface area contributed by atoms with Crippen molar-refractivity contribution in [3.8, 4) is 0 Å². The van der Waals surface area contributed by atoms with Crippen LogP contribution in [0.15, 0.2) is 77.1 Å². The second kappa shape index (κ2) is 11.2. The molecule has 1 amide bonds. The molecule has 0 bridgehead atoms. The summed E-state index contributed by atoms with van der Waals surface area (Å²) in [6, 6.07) is 20.1. The Morgan fingerprint density at radius 2 is 1.73 bits per heavy atom. The number of benzene rings is 2. The molecule has 4 aromatic rings. The minimum absolute atomic E-state index is 0.112. The normalized spacial score (nSPS) is 18.0. The summed E-state index contributed by atoms with van der Waals surface area (Å²) in [5.74, 6) is -0.189. The number of aromatic nitrogens is 1. The number of amides is 1. The lowest BCUT2D eigenvalue weighted by molar-refractivity contribution is 0.0951. The number of nitrogens with zero attached hydrogens (tertiary/aromatic N) is 1. The smallest absolute Gasteiger partial charge is 0.251 e. The molecule has 0 radical (unpaired) electrons. The van der Waals surface area contributed by atoms with Crippen LogP contribution >= 0.6 is 22.9 Å². The van der Waals surface area contributed by atoms with E-state index in [4.69, 9.17) is 11.6 Å². The summed E-state index contributed by atoms with van der Waals surface area (Å²) >= 11 is 7.27. The van der Waals surface area contributed by atoms with E-state index in [9.17, 15) is 13.2 Å². The maximum Gasteiger partial charge on any atom is 0.251 e. The number of anilines is 1. The van der Waals surface area contributed by atoms with Crippen LogP contribution in [0.25, 0.3) is 10.9 Å². The zero-order valence-corrected chi connectivity index (χ0v) is 22.4. The van der Waals surface area contributed by atoms with Gasteiger partial charge >= 0.3 is 0 Å². The number of sulfonamides is 1. The molecule has 0 saturated heterocycles. The molecular formula is C27H27ClN4O3S2. The van der Waals surface area contributed by atoms with E-state index in [1.807, 2.05) is 30.3 Å². The molecule has 2 heterocycles. The Morgan fingerprint density at radius 1 is 0.973 bits per heavy atom. The lowest BCUT2D eigenvalue weighted by Gasteiger charge is -2.30. The Kier molecular flexibility index (Phi) is 7.76. The number of hydrogen-bond donors (Lipinski definition) is 3. The average molecular weight is 555 g/mol. The standard InChI is InChI=1S/C27H27ClN4O3S2/c28-19-6-12-23-24(14-15-29-25(23)16-19)31-20-7-9-21(10-8-20)32-37(34,35)26-13-11-22(36-26)17-30-27(33)18-4-2-1-3-5-18/h1-6,11-16,20-21,32H,7-10,17H2,(H,29,31)(H,30,33). The first-order chi connectivity index (χ1) is 17.9. The van der Waals surface area contributed by atoms with Gasteiger partial charge in [-0.15, -0.1) is 11.3 Å². The van der Waals surface area contributed by atoms with Crippen molar-refractivity contribution in [1.29, 1.82) is 0 Å². The van der Waals surface area contributed by atoms with Crippen LogP contribution in [0.2, 0.25) is 5.02 Å². The number of pyridine rings is 1. The van der Waals surface area contributed by atoms with Crippen LogP contribution in [0.1, 0.15) is 40.9 Å². The van der Waals surface area contributed by atoms with Crippen LogP contribution < -0.4 is 15.4 Å². The zero-order chi connectivity index (χ0) is 25.8. The van der Waals surface area contributed by atoms with Crippen LogP contribution in [0.5, 0.6) is 0 Å². The molecule has 37 heavy (non-hydrogen) atoms. The van der Waals surface area contributed by atoms with Crippen molar-refractivity contribution in [2.45, 2.75) is 48.5 Å². The van der Waals surface area contributed by atoms with Crippen LogP contribution in [0, 0.1) is 0 Å². The van der Waals surface area contributed by atoms with E-state index < -0.39 is 10.0 Å². The van der Waals surface area contributed by atoms with Gasteiger partial charge in [-0.3, -0.25) is 9.78 Å². The molecule has 5 rings (SSSR count). The minimum Gasteiger partial charge on any atom is -0.382 e. The molecule has 0 unspecified atom stereocenters. The van der Waals surface area contributed by atoms with Gasteiger partial charge in [0.05, 0.1) is 12.1 Å². The van der Waals surface area contributed by atoms with Gasteiger partial charge in [-0.25, -0.2) is 13.1 Å². The summed E-state index contributed by atoms with van der Waals surface area (Å²) in [4.78, 5) is 17.4. The third kappa shape index (κ3) is 6.30. The molecule has 1 saturated carbocycles. The Morgan fingerprint density at radius 3 is 2.51 bits per heavy atom. The van der Waals surface area contributed by atoms with Crippen molar-refractivity contribution < 1.29 is 13.2 Å². The van der Waals surface area contributed by atoms with Gasteiger partial charge in [0.15, 0.2) is 0 Å². The summed E-state index contributed by atoms with van der Waals surface area (Å²) in [5, 5.41) is 8.11. The Hall–Kier alpha value is -2.98. The third-order valence-electron chi connectivity index (χ3n) is 6.47. The number of rotatable bonds is 8. The van der Waals surface area contributed by atoms with E-state index in [1.54, 1.807) is 42.6 Å². The number of hydrogen-bond acceptors (Lipinski definition) is 6. The number of nitrogens with one attached hydrogen (secondary N) is 3. The van der Waals surface area contributed by atoms with Crippen LogP contribution in [-0.4, -0.2) is 31.4 Å². The summed E-state index contributed by atoms with van der Waals surface area (Å²) in [6.45, 7) is 0.278. The summed E-state index contributed by atoms with van der Waals surface area (Å²) in [5.41, 5.74) is 2.42. The molecule has 2 aromatic heterocycles. The van der Waals surface area contributed by atoms with Crippen LogP contribution in [-0.2, 0) is 16.6 Å². The van der Waals surface area contributed by atoms with E-state index in [2.05, 4.69) is 20.3 Å². The summed E-state index contributed by atoms with van der Waals surface area (Å²) in [6.07, 6.45) is 4.97. The fraction of sp³-hybridized carbons (Fsp3) is 0.259. The van der Waals surface area contributed by atoms with Gasteiger partial charge in [-0.1, -0.05) is 29.8 Å². The van der Waals surface area contributed by atoms with E-state index in [1.165, 1.54) is 11.3 Å². The molecule has 1 aliphatic carbocycles. The third-order valence-corrected chi connectivity index (χ3v) is 9.81. The topological polar surface area (TPSA) is 100 Å². The zero-order valence-electron chi connectivity index (χ0n) is 20.0. The highest BCUT2D eigenvalue weighted by Gasteiger charge is 2.27. The van der Waals surface area contributed by atoms with E-state index >= 15 is 0 Å². The van der Waals surface area contributed by atoms with Crippen LogP contribution in [0.4, 0.5) is 5.69 Å². The van der Waals surface area contributed by atoms with Gasteiger partial charge in [-0.05, 0) is 74.2 Å². The first kappa shape index (κ1) is 25.7. The predicted molar refractivity (Wildman–Crippen MR) is 149 cm³/mol. The number of thiophene rings is 1. The lowest BCUT2D eigenvalue weighted by Crippen LogP contribution is -2.39. The maximum atomic E-state index is 13.0. The highest BCUT2D eigenvalue weighted by atomic mass is 35.5. The Balaban J connectivity index is 1.14. The number of carbonyl (C=O) groups excluding carboxylic acids is 1. The quantitative estimate of drug-likeness (QED) is 0.264. The molecule has 192 valence electrons. The van der Waals surface area contributed by atoms with Gasteiger partial charge in [-0.2, -0.15) is 0 Å². The summed E-state index contributed by atoms with van der Waals surface area (Å²) in [7, 11) is -3.62. The molecule has 7 nitrogen and oxygen atoms in total. The van der Waals surface area contributed by atoms with Crippen molar-refractivity contribution in [3.05, 3.63) is 88.4 Å². The van der Waals surface area contributed by atoms with Gasteiger partial charge in [0.2, 0.25) is 10.0 Å². The van der Waals surface area contributed by atoms with Gasteiger partial charge in [0.25, 0.3) is 5.91 Å². The summed E-state index contributed by atoms with van der Waals surface area (Å²) < 4.78 is 29.1. The minimum atomic E-state index is -3.62. The highest BCUT2D eigenvalue weighted by molar-refractivity contribution is 7.91. The molecule has 1 fully saturated rings. The Bertz CT molecular complexity index is 1500. The molecule has 0 atom stereocenters. The van der Waals surface area contributed by atoms with E-state index in [0.717, 1.165) is 47.2 Å². The first-order valence-corrected chi connectivity index (χ1v) is 14.8. The monoisotopic (exact) mass is 554 g/mol. The average Bonchev–Trinajstić information content (AvgIpc) is 3.39. The molecule has 2 aromatic carbocycles. The Labute approximate surface area is 225 Å². The van der Waals surface area contributed by atoms with Crippen molar-refractivity contribution in [2.24, 2.45) is 0 Å². The number of carbonyl (C=O) groups is 1. The van der Waals surface area contributed by atoms with Crippen molar-refractivity contribution >= 4 is 55.5 Å². The molecule has 0 aliphatic heterocycles. The van der Waals surface area contributed by atoms with Gasteiger partial charge in [0.1, 0.15) is 4.21 Å². The van der Waals surface area contributed by atoms with Gasteiger partial charge in [0, 0.05) is 44.8 Å².